The van der Waals surface area contributed by atoms with Crippen LogP contribution >= 0.6 is 34.5 Å². The maximum atomic E-state index is 8.96. The van der Waals surface area contributed by atoms with Gasteiger partial charge in [-0.1, -0.05) is 35.3 Å². The van der Waals surface area contributed by atoms with E-state index < -0.39 is 0 Å². The summed E-state index contributed by atoms with van der Waals surface area (Å²) in [5, 5.41) is 12.9. The van der Waals surface area contributed by atoms with Gasteiger partial charge in [-0.3, -0.25) is 9.55 Å². The van der Waals surface area contributed by atoms with Crippen molar-refractivity contribution in [3.8, 4) is 22.2 Å². The number of aromatic nitrogens is 3. The third-order valence-corrected chi connectivity index (χ3v) is 6.28. The summed E-state index contributed by atoms with van der Waals surface area (Å²) in [5.74, 6) is 0. The molecule has 0 atom stereocenters. The van der Waals surface area contributed by atoms with Crippen LogP contribution in [0.25, 0.3) is 38.1 Å². The molecule has 0 aliphatic carbocycles. The summed E-state index contributed by atoms with van der Waals surface area (Å²) >= 11 is 14.8. The Kier molecular flexibility index (Phi) is 4.48. The number of fused-ring (bicyclic) bond motifs is 3. The smallest absolute Gasteiger partial charge is 0.108 e. The van der Waals surface area contributed by atoms with Crippen molar-refractivity contribution >= 4 is 56.5 Å². The Bertz CT molecular complexity index is 1390. The normalized spacial score (nSPS) is 11.2. The highest BCUT2D eigenvalue weighted by atomic mass is 35.5. The molecule has 3 heterocycles. The molecule has 0 saturated carbocycles. The van der Waals surface area contributed by atoms with Crippen molar-refractivity contribution in [3.05, 3.63) is 76.0 Å². The molecule has 0 N–H and O–H groups in total. The van der Waals surface area contributed by atoms with E-state index in [1.165, 1.54) is 4.88 Å². The molecule has 5 rings (SSSR count). The Morgan fingerprint density at radius 1 is 1.03 bits per heavy atom. The summed E-state index contributed by atoms with van der Waals surface area (Å²) in [4.78, 5) is 10.2. The SMILES string of the molecule is N#CCc1cc(Cl)c(-n2cnc3cnc4ccc(-c5cccs5)cc4c32)c(Cl)c1. The Morgan fingerprint density at radius 3 is 2.59 bits per heavy atom. The van der Waals surface area contributed by atoms with E-state index in [9.17, 15) is 0 Å². The molecule has 0 unspecified atom stereocenters. The lowest BCUT2D eigenvalue weighted by Gasteiger charge is -2.12. The summed E-state index contributed by atoms with van der Waals surface area (Å²) in [6.45, 7) is 0. The fraction of sp³-hybridized carbons (Fsp3) is 0.0455. The van der Waals surface area contributed by atoms with Crippen molar-refractivity contribution in [1.82, 2.24) is 14.5 Å². The first kappa shape index (κ1) is 18.1. The Labute approximate surface area is 180 Å². The average molecular weight is 435 g/mol. The zero-order valence-corrected chi connectivity index (χ0v) is 17.3. The molecule has 140 valence electrons. The number of imidazole rings is 1. The zero-order valence-electron chi connectivity index (χ0n) is 14.9. The second-order valence-electron chi connectivity index (χ2n) is 6.56. The first-order chi connectivity index (χ1) is 14.2. The molecule has 0 bridgehead atoms. The first-order valence-electron chi connectivity index (χ1n) is 8.80. The highest BCUT2D eigenvalue weighted by Gasteiger charge is 2.16. The molecule has 0 spiro atoms. The lowest BCUT2D eigenvalue weighted by molar-refractivity contribution is 1.09. The standard InChI is InChI=1S/C22H12Cl2N4S/c23-16-8-13(5-6-25)9-17(24)22(16)28-12-27-19-11-26-18-4-3-14(10-15(18)21(19)28)20-2-1-7-29-20/h1-4,7-12H,5H2. The molecular weight excluding hydrogens is 423 g/mol. The van der Waals surface area contributed by atoms with Crippen LogP contribution in [0, 0.1) is 11.3 Å². The van der Waals surface area contributed by atoms with Gasteiger partial charge in [0, 0.05) is 10.3 Å². The molecule has 2 aromatic carbocycles. The highest BCUT2D eigenvalue weighted by molar-refractivity contribution is 7.13. The molecule has 0 saturated heterocycles. The summed E-state index contributed by atoms with van der Waals surface area (Å²) in [6.07, 6.45) is 3.72. The number of thiophene rings is 1. The fourth-order valence-electron chi connectivity index (χ4n) is 3.50. The lowest BCUT2D eigenvalue weighted by atomic mass is 10.1. The number of nitriles is 1. The number of benzene rings is 2. The maximum Gasteiger partial charge on any atom is 0.108 e. The summed E-state index contributed by atoms with van der Waals surface area (Å²) in [6, 6.07) is 16.0. The van der Waals surface area contributed by atoms with Gasteiger partial charge < -0.3 is 0 Å². The van der Waals surface area contributed by atoms with Crippen LogP contribution in [-0.4, -0.2) is 14.5 Å². The van der Waals surface area contributed by atoms with Crippen molar-refractivity contribution in [2.75, 3.05) is 0 Å². The summed E-state index contributed by atoms with van der Waals surface area (Å²) in [5.41, 5.74) is 5.07. The minimum absolute atomic E-state index is 0.251. The van der Waals surface area contributed by atoms with Gasteiger partial charge in [-0.05, 0) is 46.8 Å². The van der Waals surface area contributed by atoms with Crippen LogP contribution < -0.4 is 0 Å². The van der Waals surface area contributed by atoms with Crippen LogP contribution in [0.15, 0.2) is 60.4 Å². The van der Waals surface area contributed by atoms with Gasteiger partial charge in [0.05, 0.1) is 45.5 Å². The highest BCUT2D eigenvalue weighted by Crippen LogP contribution is 2.36. The van der Waals surface area contributed by atoms with Crippen LogP contribution in [-0.2, 0) is 6.42 Å². The Morgan fingerprint density at radius 2 is 1.86 bits per heavy atom. The van der Waals surface area contributed by atoms with E-state index >= 15 is 0 Å². The number of nitrogens with zero attached hydrogens (tertiary/aromatic N) is 4. The first-order valence-corrected chi connectivity index (χ1v) is 10.4. The largest absolute Gasteiger partial charge is 0.295 e. The van der Waals surface area contributed by atoms with Gasteiger partial charge in [0.25, 0.3) is 0 Å². The topological polar surface area (TPSA) is 54.5 Å². The van der Waals surface area contributed by atoms with Gasteiger partial charge in [-0.15, -0.1) is 11.3 Å². The number of hydrogen-bond acceptors (Lipinski definition) is 4. The van der Waals surface area contributed by atoms with Gasteiger partial charge in [0.2, 0.25) is 0 Å². The molecular formula is C22H12Cl2N4S. The van der Waals surface area contributed by atoms with E-state index in [1.807, 2.05) is 16.7 Å². The number of pyridine rings is 1. The van der Waals surface area contributed by atoms with E-state index in [1.54, 1.807) is 36.0 Å². The van der Waals surface area contributed by atoms with Crippen molar-refractivity contribution in [2.24, 2.45) is 0 Å². The van der Waals surface area contributed by atoms with Gasteiger partial charge in [-0.25, -0.2) is 4.98 Å². The van der Waals surface area contributed by atoms with Crippen LogP contribution in [0.5, 0.6) is 0 Å². The second-order valence-corrected chi connectivity index (χ2v) is 8.32. The van der Waals surface area contributed by atoms with Crippen LogP contribution in [0.1, 0.15) is 5.56 Å². The summed E-state index contributed by atoms with van der Waals surface area (Å²) < 4.78 is 1.90. The molecule has 0 aliphatic rings. The van der Waals surface area contributed by atoms with Gasteiger partial charge in [0.15, 0.2) is 0 Å². The predicted molar refractivity (Wildman–Crippen MR) is 119 cm³/mol. The van der Waals surface area contributed by atoms with Crippen LogP contribution in [0.4, 0.5) is 0 Å². The van der Waals surface area contributed by atoms with E-state index in [-0.39, 0.29) is 6.42 Å². The van der Waals surface area contributed by atoms with Gasteiger partial charge >= 0.3 is 0 Å². The molecule has 7 heteroatoms. The Balaban J connectivity index is 1.80. The second kappa shape index (κ2) is 7.16. The zero-order chi connectivity index (χ0) is 20.0. The van der Waals surface area contributed by atoms with Crippen molar-refractivity contribution in [2.45, 2.75) is 6.42 Å². The summed E-state index contributed by atoms with van der Waals surface area (Å²) in [7, 11) is 0. The maximum absolute atomic E-state index is 8.96. The molecule has 0 radical (unpaired) electrons. The third-order valence-electron chi connectivity index (χ3n) is 4.78. The lowest BCUT2D eigenvalue weighted by Crippen LogP contribution is -1.97. The number of rotatable bonds is 3. The molecule has 0 fully saturated rings. The van der Waals surface area contributed by atoms with Crippen molar-refractivity contribution in [3.63, 3.8) is 0 Å². The van der Waals surface area contributed by atoms with Crippen LogP contribution in [0.3, 0.4) is 0 Å². The minimum atomic E-state index is 0.251. The van der Waals surface area contributed by atoms with Crippen LogP contribution in [0.2, 0.25) is 10.0 Å². The van der Waals surface area contributed by atoms with Crippen molar-refractivity contribution in [1.29, 1.82) is 5.26 Å². The monoisotopic (exact) mass is 434 g/mol. The molecule has 29 heavy (non-hydrogen) atoms. The number of hydrogen-bond donors (Lipinski definition) is 0. The van der Waals surface area contributed by atoms with E-state index in [4.69, 9.17) is 28.5 Å². The average Bonchev–Trinajstić information content (AvgIpc) is 3.38. The van der Waals surface area contributed by atoms with E-state index in [0.29, 0.717) is 15.7 Å². The van der Waals surface area contributed by atoms with Crippen molar-refractivity contribution < 1.29 is 0 Å². The van der Waals surface area contributed by atoms with E-state index in [2.05, 4.69) is 39.6 Å². The molecule has 5 aromatic rings. The quantitative estimate of drug-likeness (QED) is 0.318. The fourth-order valence-corrected chi connectivity index (χ4v) is 4.94. The molecule has 0 amide bonds. The predicted octanol–water partition coefficient (Wildman–Crippen LogP) is 6.68. The number of halogens is 2. The molecule has 4 nitrogen and oxygen atoms in total. The Hall–Kier alpha value is -2.91. The van der Waals surface area contributed by atoms with Gasteiger partial charge in [-0.2, -0.15) is 5.26 Å². The molecule has 0 aliphatic heterocycles. The van der Waals surface area contributed by atoms with E-state index in [0.717, 1.165) is 33.1 Å². The molecule has 3 aromatic heterocycles. The third kappa shape index (κ3) is 3.06. The van der Waals surface area contributed by atoms with Gasteiger partial charge in [0.1, 0.15) is 11.8 Å². The minimum Gasteiger partial charge on any atom is -0.295 e.